The number of hydrogen-bond donors (Lipinski definition) is 3. The molecule has 2 amide bonds. The van der Waals surface area contributed by atoms with E-state index in [4.69, 9.17) is 5.73 Å². The third kappa shape index (κ3) is 4.75. The Morgan fingerprint density at radius 2 is 1.63 bits per heavy atom. The van der Waals surface area contributed by atoms with Crippen LogP contribution in [0.25, 0.3) is 0 Å². The third-order valence-corrected chi connectivity index (χ3v) is 4.64. The summed E-state index contributed by atoms with van der Waals surface area (Å²) in [5.41, 5.74) is 9.12. The zero-order valence-corrected chi connectivity index (χ0v) is 17.4. The molecule has 0 fully saturated rings. The summed E-state index contributed by atoms with van der Waals surface area (Å²) in [5.74, 6) is 0.493. The van der Waals surface area contributed by atoms with Crippen LogP contribution in [0.1, 0.15) is 32.3 Å². The van der Waals surface area contributed by atoms with Crippen LogP contribution in [0, 0.1) is 0 Å². The van der Waals surface area contributed by atoms with Crippen molar-refractivity contribution in [3.63, 3.8) is 0 Å². The van der Waals surface area contributed by atoms with Crippen molar-refractivity contribution >= 4 is 40.9 Å². The molecule has 0 unspecified atom stereocenters. The van der Waals surface area contributed by atoms with Crippen molar-refractivity contribution in [3.05, 3.63) is 54.1 Å². The average Bonchev–Trinajstić information content (AvgIpc) is 3.08. The standard InChI is InChI=1S/C21H25N7O2/c1-13(2)15-5-7-17(8-6-15)24-21(30)28-19(22)25-20(26-28)23-16-9-11-18(12-10-16)27(4)14(3)29/h5-13H,1-4H3,(H,24,30)(H3,22,23,25,26). The number of nitrogens with zero attached hydrogens (tertiary/aromatic N) is 4. The number of nitrogens with two attached hydrogens (primary N) is 1. The van der Waals surface area contributed by atoms with E-state index >= 15 is 0 Å². The molecule has 0 aliphatic heterocycles. The molecular weight excluding hydrogens is 382 g/mol. The lowest BCUT2D eigenvalue weighted by atomic mass is 10.0. The highest BCUT2D eigenvalue weighted by atomic mass is 16.2. The summed E-state index contributed by atoms with van der Waals surface area (Å²) in [4.78, 5) is 29.6. The SMILES string of the molecule is CC(=O)N(C)c1ccc(Nc2nc(N)n(C(=O)Nc3ccc(C(C)C)cc3)n2)cc1. The molecular formula is C21H25N7O2. The van der Waals surface area contributed by atoms with Gasteiger partial charge in [0.2, 0.25) is 17.8 Å². The summed E-state index contributed by atoms with van der Waals surface area (Å²) in [6.07, 6.45) is 0. The largest absolute Gasteiger partial charge is 0.368 e. The number of benzene rings is 2. The van der Waals surface area contributed by atoms with E-state index in [0.717, 1.165) is 10.4 Å². The molecule has 3 aromatic rings. The predicted molar refractivity (Wildman–Crippen MR) is 118 cm³/mol. The van der Waals surface area contributed by atoms with Gasteiger partial charge in [0.1, 0.15) is 0 Å². The van der Waals surface area contributed by atoms with E-state index < -0.39 is 6.03 Å². The van der Waals surface area contributed by atoms with E-state index in [1.807, 2.05) is 24.3 Å². The summed E-state index contributed by atoms with van der Waals surface area (Å²) < 4.78 is 0.997. The van der Waals surface area contributed by atoms with E-state index in [-0.39, 0.29) is 17.8 Å². The highest BCUT2D eigenvalue weighted by molar-refractivity contribution is 5.92. The van der Waals surface area contributed by atoms with Gasteiger partial charge >= 0.3 is 6.03 Å². The Labute approximate surface area is 174 Å². The van der Waals surface area contributed by atoms with Gasteiger partial charge < -0.3 is 21.3 Å². The molecule has 2 aromatic carbocycles. The molecule has 0 radical (unpaired) electrons. The Balaban J connectivity index is 1.68. The van der Waals surface area contributed by atoms with Gasteiger partial charge in [-0.3, -0.25) is 4.79 Å². The number of nitrogen functional groups attached to an aromatic ring is 1. The number of carbonyl (C=O) groups excluding carboxylic acids is 2. The molecule has 1 aromatic heterocycles. The van der Waals surface area contributed by atoms with E-state index in [1.54, 1.807) is 31.3 Å². The van der Waals surface area contributed by atoms with Crippen molar-refractivity contribution in [3.8, 4) is 0 Å². The van der Waals surface area contributed by atoms with Crippen molar-refractivity contribution < 1.29 is 9.59 Å². The van der Waals surface area contributed by atoms with E-state index in [1.165, 1.54) is 17.4 Å². The van der Waals surface area contributed by atoms with Gasteiger partial charge in [-0.25, -0.2) is 4.79 Å². The van der Waals surface area contributed by atoms with E-state index in [0.29, 0.717) is 17.3 Å². The first-order chi connectivity index (χ1) is 14.2. The maximum atomic E-state index is 12.5. The minimum absolute atomic E-state index is 0.0401. The topological polar surface area (TPSA) is 118 Å². The zero-order valence-electron chi connectivity index (χ0n) is 17.4. The first kappa shape index (κ1) is 20.8. The number of amides is 2. The molecule has 0 atom stereocenters. The number of carbonyl (C=O) groups is 2. The van der Waals surface area contributed by atoms with Gasteiger partial charge in [0, 0.05) is 31.0 Å². The molecule has 0 saturated carbocycles. The van der Waals surface area contributed by atoms with Crippen LogP contribution in [0.5, 0.6) is 0 Å². The van der Waals surface area contributed by atoms with Crippen LogP contribution < -0.4 is 21.3 Å². The summed E-state index contributed by atoms with van der Waals surface area (Å²) in [5, 5.41) is 9.87. The fraction of sp³-hybridized carbons (Fsp3) is 0.238. The van der Waals surface area contributed by atoms with E-state index in [9.17, 15) is 9.59 Å². The second-order valence-corrected chi connectivity index (χ2v) is 7.16. The van der Waals surface area contributed by atoms with E-state index in [2.05, 4.69) is 34.6 Å². The van der Waals surface area contributed by atoms with Crippen LogP contribution in [0.3, 0.4) is 0 Å². The lowest BCUT2D eigenvalue weighted by Gasteiger charge is -2.15. The normalized spacial score (nSPS) is 10.7. The molecule has 156 valence electrons. The van der Waals surface area contributed by atoms with Gasteiger partial charge in [0.05, 0.1) is 0 Å². The van der Waals surface area contributed by atoms with Gasteiger partial charge in [-0.15, -0.1) is 9.78 Å². The number of hydrogen-bond acceptors (Lipinski definition) is 6. The third-order valence-electron chi connectivity index (χ3n) is 4.64. The monoisotopic (exact) mass is 407 g/mol. The highest BCUT2D eigenvalue weighted by Crippen LogP contribution is 2.20. The molecule has 4 N–H and O–H groups in total. The highest BCUT2D eigenvalue weighted by Gasteiger charge is 2.15. The van der Waals surface area contributed by atoms with Gasteiger partial charge in [-0.2, -0.15) is 4.98 Å². The number of anilines is 5. The van der Waals surface area contributed by atoms with Crippen LogP contribution in [-0.4, -0.2) is 33.8 Å². The Hall–Kier alpha value is -3.88. The first-order valence-corrected chi connectivity index (χ1v) is 9.50. The summed E-state index contributed by atoms with van der Waals surface area (Å²) in [6, 6.07) is 14.2. The molecule has 0 aliphatic carbocycles. The minimum Gasteiger partial charge on any atom is -0.368 e. The predicted octanol–water partition coefficient (Wildman–Crippen LogP) is 3.79. The summed E-state index contributed by atoms with van der Waals surface area (Å²) >= 11 is 0. The maximum absolute atomic E-state index is 12.5. The van der Waals surface area contributed by atoms with Crippen LogP contribution in [0.15, 0.2) is 48.5 Å². The van der Waals surface area contributed by atoms with Crippen molar-refractivity contribution in [1.82, 2.24) is 14.8 Å². The Bertz CT molecular complexity index is 1040. The molecule has 9 heteroatoms. The smallest absolute Gasteiger partial charge is 0.349 e. The summed E-state index contributed by atoms with van der Waals surface area (Å²) in [6.45, 7) is 5.70. The summed E-state index contributed by atoms with van der Waals surface area (Å²) in [7, 11) is 1.70. The fourth-order valence-electron chi connectivity index (χ4n) is 2.73. The van der Waals surface area contributed by atoms with Gasteiger partial charge in [0.25, 0.3) is 0 Å². The maximum Gasteiger partial charge on any atom is 0.349 e. The Morgan fingerprint density at radius 3 is 2.20 bits per heavy atom. The fourth-order valence-corrected chi connectivity index (χ4v) is 2.73. The van der Waals surface area contributed by atoms with Crippen LogP contribution in [0.4, 0.5) is 33.8 Å². The molecule has 0 bridgehead atoms. The molecule has 0 aliphatic rings. The van der Waals surface area contributed by atoms with Crippen molar-refractivity contribution in [2.24, 2.45) is 0 Å². The Morgan fingerprint density at radius 1 is 1.03 bits per heavy atom. The second kappa shape index (κ2) is 8.64. The van der Waals surface area contributed by atoms with Crippen molar-refractivity contribution in [2.45, 2.75) is 26.7 Å². The van der Waals surface area contributed by atoms with Gasteiger partial charge in [-0.05, 0) is 47.9 Å². The number of rotatable bonds is 5. The van der Waals surface area contributed by atoms with Gasteiger partial charge in [-0.1, -0.05) is 26.0 Å². The van der Waals surface area contributed by atoms with Crippen LogP contribution in [-0.2, 0) is 4.79 Å². The first-order valence-electron chi connectivity index (χ1n) is 9.50. The second-order valence-electron chi connectivity index (χ2n) is 7.16. The lowest BCUT2D eigenvalue weighted by molar-refractivity contribution is -0.116. The molecule has 30 heavy (non-hydrogen) atoms. The zero-order chi connectivity index (χ0) is 21.8. The van der Waals surface area contributed by atoms with Crippen molar-refractivity contribution in [2.75, 3.05) is 28.3 Å². The number of nitrogens with one attached hydrogen (secondary N) is 2. The molecule has 9 nitrogen and oxygen atoms in total. The van der Waals surface area contributed by atoms with Crippen LogP contribution in [0.2, 0.25) is 0 Å². The molecule has 1 heterocycles. The Kier molecular flexibility index (Phi) is 6.01. The number of aromatic nitrogens is 3. The quantitative estimate of drug-likeness (QED) is 0.592. The average molecular weight is 407 g/mol. The minimum atomic E-state index is -0.510. The lowest BCUT2D eigenvalue weighted by Crippen LogP contribution is -2.22. The van der Waals surface area contributed by atoms with Gasteiger partial charge in [0.15, 0.2) is 0 Å². The molecule has 3 rings (SSSR count). The van der Waals surface area contributed by atoms with Crippen LogP contribution >= 0.6 is 0 Å². The molecule has 0 saturated heterocycles. The molecule has 0 spiro atoms. The van der Waals surface area contributed by atoms with Crippen molar-refractivity contribution in [1.29, 1.82) is 0 Å².